The Hall–Kier alpha value is -2.04. The number of hydrogen-bond donors (Lipinski definition) is 1. The Morgan fingerprint density at radius 3 is 2.38 bits per heavy atom. The largest absolute Gasteiger partial charge is 0.466 e. The minimum absolute atomic E-state index is 0.0125. The number of likely N-dealkylation sites (tertiary alicyclic amines) is 1. The second-order valence-corrected chi connectivity index (χ2v) is 6.60. The second-order valence-electron chi connectivity index (χ2n) is 6.60. The van der Waals surface area contributed by atoms with Crippen molar-refractivity contribution in [3.05, 3.63) is 35.9 Å². The van der Waals surface area contributed by atoms with E-state index >= 15 is 0 Å². The molecule has 0 saturated carbocycles. The third-order valence-corrected chi connectivity index (χ3v) is 4.51. The zero-order valence-corrected chi connectivity index (χ0v) is 14.8. The number of urea groups is 1. The van der Waals surface area contributed by atoms with E-state index in [1.807, 2.05) is 37.3 Å². The molecule has 1 saturated heterocycles. The first-order valence-corrected chi connectivity index (χ1v) is 8.80. The lowest BCUT2D eigenvalue weighted by atomic mass is 9.95. The summed E-state index contributed by atoms with van der Waals surface area (Å²) < 4.78 is 5.07. The molecule has 0 aliphatic carbocycles. The molecule has 132 valence electrons. The van der Waals surface area contributed by atoms with E-state index in [1.54, 1.807) is 4.90 Å². The fourth-order valence-electron chi connectivity index (χ4n) is 3.10. The van der Waals surface area contributed by atoms with E-state index in [0.717, 1.165) is 5.56 Å². The van der Waals surface area contributed by atoms with E-state index in [1.165, 1.54) is 0 Å². The Bertz CT molecular complexity index is 537. The molecule has 0 radical (unpaired) electrons. The van der Waals surface area contributed by atoms with Crippen LogP contribution >= 0.6 is 0 Å². The highest BCUT2D eigenvalue weighted by atomic mass is 16.5. The number of nitrogens with zero attached hydrogens (tertiary/aromatic N) is 1. The maximum atomic E-state index is 12.6. The summed E-state index contributed by atoms with van der Waals surface area (Å²) in [6, 6.07) is 9.96. The minimum atomic E-state index is -0.137. The smallest absolute Gasteiger partial charge is 0.317 e. The van der Waals surface area contributed by atoms with E-state index in [-0.39, 0.29) is 24.0 Å². The summed E-state index contributed by atoms with van der Waals surface area (Å²) in [7, 11) is 0. The molecule has 1 aliphatic rings. The number of hydrogen-bond acceptors (Lipinski definition) is 3. The third-order valence-electron chi connectivity index (χ3n) is 4.51. The quantitative estimate of drug-likeness (QED) is 0.841. The monoisotopic (exact) mass is 332 g/mol. The molecule has 1 aromatic rings. The molecule has 1 N–H and O–H groups in total. The van der Waals surface area contributed by atoms with Crippen molar-refractivity contribution < 1.29 is 14.3 Å². The van der Waals surface area contributed by atoms with Gasteiger partial charge >= 0.3 is 12.0 Å². The van der Waals surface area contributed by atoms with Crippen molar-refractivity contribution >= 4 is 12.0 Å². The number of nitrogens with one attached hydrogen (secondary N) is 1. The van der Waals surface area contributed by atoms with Crippen molar-refractivity contribution in [3.8, 4) is 0 Å². The number of benzene rings is 1. The highest BCUT2D eigenvalue weighted by molar-refractivity contribution is 5.76. The van der Waals surface area contributed by atoms with Crippen molar-refractivity contribution in [2.75, 3.05) is 19.7 Å². The Kier molecular flexibility index (Phi) is 6.64. The number of amides is 2. The predicted octanol–water partition coefficient (Wildman–Crippen LogP) is 3.37. The first kappa shape index (κ1) is 18.3. The fourth-order valence-corrected chi connectivity index (χ4v) is 3.10. The SMILES string of the molecule is CCOC(=O)C1CCN(C(=O)NC(c2ccccc2)C(C)C)CC1. The molecule has 1 heterocycles. The molecule has 1 unspecified atom stereocenters. The third kappa shape index (κ3) is 4.73. The van der Waals surface area contributed by atoms with E-state index in [0.29, 0.717) is 38.5 Å². The van der Waals surface area contributed by atoms with Gasteiger partial charge in [0.1, 0.15) is 0 Å². The number of ether oxygens (including phenoxy) is 1. The van der Waals surface area contributed by atoms with E-state index in [9.17, 15) is 9.59 Å². The molecule has 0 bridgehead atoms. The van der Waals surface area contributed by atoms with Gasteiger partial charge in [-0.05, 0) is 31.2 Å². The Balaban J connectivity index is 1.91. The van der Waals surface area contributed by atoms with Gasteiger partial charge < -0.3 is 15.0 Å². The van der Waals surface area contributed by atoms with Crippen LogP contribution in [-0.2, 0) is 9.53 Å². The molecule has 1 aromatic carbocycles. The van der Waals surface area contributed by atoms with Gasteiger partial charge in [0, 0.05) is 13.1 Å². The van der Waals surface area contributed by atoms with Crippen molar-refractivity contribution in [2.24, 2.45) is 11.8 Å². The molecular formula is C19H28N2O3. The van der Waals surface area contributed by atoms with E-state index in [4.69, 9.17) is 4.74 Å². The summed E-state index contributed by atoms with van der Waals surface area (Å²) in [6.45, 7) is 7.61. The summed E-state index contributed by atoms with van der Waals surface area (Å²) in [4.78, 5) is 26.2. The lowest BCUT2D eigenvalue weighted by molar-refractivity contribution is -0.149. The van der Waals surface area contributed by atoms with Crippen molar-refractivity contribution in [2.45, 2.75) is 39.7 Å². The molecule has 0 aromatic heterocycles. The summed E-state index contributed by atoms with van der Waals surface area (Å²) in [6.07, 6.45) is 1.34. The molecule has 1 aliphatic heterocycles. The zero-order chi connectivity index (χ0) is 17.5. The van der Waals surface area contributed by atoms with E-state index in [2.05, 4.69) is 19.2 Å². The Morgan fingerprint density at radius 2 is 1.83 bits per heavy atom. The lowest BCUT2D eigenvalue weighted by Crippen LogP contribution is -2.47. The first-order valence-electron chi connectivity index (χ1n) is 8.80. The van der Waals surface area contributed by atoms with Gasteiger partial charge in [-0.3, -0.25) is 4.79 Å². The molecule has 2 rings (SSSR count). The van der Waals surface area contributed by atoms with Gasteiger partial charge in [0.05, 0.1) is 18.6 Å². The van der Waals surface area contributed by atoms with Gasteiger partial charge in [-0.25, -0.2) is 4.79 Å². The number of piperidine rings is 1. The number of carbonyl (C=O) groups excluding carboxylic acids is 2. The Labute approximate surface area is 144 Å². The van der Waals surface area contributed by atoms with Crippen LogP contribution in [0, 0.1) is 11.8 Å². The highest BCUT2D eigenvalue weighted by Crippen LogP contribution is 2.23. The highest BCUT2D eigenvalue weighted by Gasteiger charge is 2.29. The molecule has 5 nitrogen and oxygen atoms in total. The maximum absolute atomic E-state index is 12.6. The van der Waals surface area contributed by atoms with Crippen LogP contribution in [0.15, 0.2) is 30.3 Å². The fraction of sp³-hybridized carbons (Fsp3) is 0.579. The van der Waals surface area contributed by atoms with Gasteiger partial charge in [-0.2, -0.15) is 0 Å². The number of esters is 1. The van der Waals surface area contributed by atoms with Crippen LogP contribution < -0.4 is 5.32 Å². The van der Waals surface area contributed by atoms with Crippen LogP contribution in [0.2, 0.25) is 0 Å². The zero-order valence-electron chi connectivity index (χ0n) is 14.8. The number of rotatable bonds is 5. The molecular weight excluding hydrogens is 304 g/mol. The van der Waals surface area contributed by atoms with Crippen LogP contribution in [0.5, 0.6) is 0 Å². The van der Waals surface area contributed by atoms with Gasteiger partial charge in [-0.15, -0.1) is 0 Å². The summed E-state index contributed by atoms with van der Waals surface area (Å²) in [5, 5.41) is 3.14. The number of carbonyl (C=O) groups is 2. The topological polar surface area (TPSA) is 58.6 Å². The van der Waals surface area contributed by atoms with Gasteiger partial charge in [0.15, 0.2) is 0 Å². The van der Waals surface area contributed by atoms with Gasteiger partial charge in [-0.1, -0.05) is 44.2 Å². The lowest BCUT2D eigenvalue weighted by Gasteiger charge is -2.33. The average molecular weight is 332 g/mol. The standard InChI is InChI=1S/C19H28N2O3/c1-4-24-18(22)16-10-12-21(13-11-16)19(23)20-17(14(2)3)15-8-6-5-7-9-15/h5-9,14,16-17H,4,10-13H2,1-3H3,(H,20,23). The second kappa shape index (κ2) is 8.71. The van der Waals surface area contributed by atoms with Crippen LogP contribution in [0.25, 0.3) is 0 Å². The van der Waals surface area contributed by atoms with Crippen LogP contribution in [-0.4, -0.2) is 36.6 Å². The molecule has 1 fully saturated rings. The maximum Gasteiger partial charge on any atom is 0.317 e. The summed E-state index contributed by atoms with van der Waals surface area (Å²) in [5.41, 5.74) is 1.11. The molecule has 24 heavy (non-hydrogen) atoms. The minimum Gasteiger partial charge on any atom is -0.466 e. The van der Waals surface area contributed by atoms with Crippen LogP contribution in [0.1, 0.15) is 45.2 Å². The summed E-state index contributed by atoms with van der Waals surface area (Å²) >= 11 is 0. The molecule has 5 heteroatoms. The first-order chi connectivity index (χ1) is 11.5. The van der Waals surface area contributed by atoms with Gasteiger partial charge in [0.2, 0.25) is 0 Å². The summed E-state index contributed by atoms with van der Waals surface area (Å²) in [5.74, 6) is 0.0827. The Morgan fingerprint density at radius 1 is 1.21 bits per heavy atom. The molecule has 2 amide bonds. The van der Waals surface area contributed by atoms with Crippen molar-refractivity contribution in [1.82, 2.24) is 10.2 Å². The van der Waals surface area contributed by atoms with Crippen LogP contribution in [0.4, 0.5) is 4.79 Å². The average Bonchev–Trinajstić information content (AvgIpc) is 2.60. The van der Waals surface area contributed by atoms with Gasteiger partial charge in [0.25, 0.3) is 0 Å². The normalized spacial score (nSPS) is 16.8. The van der Waals surface area contributed by atoms with Crippen LogP contribution in [0.3, 0.4) is 0 Å². The predicted molar refractivity (Wildman–Crippen MR) is 93.5 cm³/mol. The van der Waals surface area contributed by atoms with E-state index < -0.39 is 0 Å². The molecule has 1 atom stereocenters. The molecule has 0 spiro atoms. The van der Waals surface area contributed by atoms with Crippen molar-refractivity contribution in [3.63, 3.8) is 0 Å². The van der Waals surface area contributed by atoms with Crippen molar-refractivity contribution in [1.29, 1.82) is 0 Å².